The van der Waals surface area contributed by atoms with Crippen molar-refractivity contribution in [1.82, 2.24) is 10.4 Å². The number of para-hydroxylation sites is 1. The van der Waals surface area contributed by atoms with Gasteiger partial charge in [-0.1, -0.05) is 42.3 Å². The molecule has 0 saturated heterocycles. The van der Waals surface area contributed by atoms with Crippen LogP contribution < -0.4 is 14.9 Å². The Hall–Kier alpha value is -2.17. The van der Waals surface area contributed by atoms with Crippen molar-refractivity contribution >= 4 is 17.3 Å². The van der Waals surface area contributed by atoms with Gasteiger partial charge in [-0.15, -0.1) is 0 Å². The Morgan fingerprint density at radius 1 is 1.11 bits per heavy atom. The molecule has 5 heteroatoms. The molecular weight excluding hydrogens is 360 g/mol. The number of halogens is 1. The average molecular weight is 383 g/mol. The Morgan fingerprint density at radius 3 is 2.63 bits per heavy atom. The Bertz CT molecular complexity index is 888. The van der Waals surface area contributed by atoms with Gasteiger partial charge in [0.25, 0.3) is 0 Å². The summed E-state index contributed by atoms with van der Waals surface area (Å²) in [5.41, 5.74) is 6.68. The SMILES string of the molecule is COc1cccc2c1OC1(CCCCC1)N1NC(c3ccc(Cl)cc3)=CC21. The van der Waals surface area contributed by atoms with Crippen LogP contribution in [0.5, 0.6) is 11.5 Å². The van der Waals surface area contributed by atoms with Crippen molar-refractivity contribution in [2.45, 2.75) is 43.9 Å². The zero-order valence-electron chi connectivity index (χ0n) is 15.4. The van der Waals surface area contributed by atoms with Crippen LogP contribution in [0, 0.1) is 0 Å². The maximum atomic E-state index is 6.68. The van der Waals surface area contributed by atoms with E-state index in [4.69, 9.17) is 21.1 Å². The number of rotatable bonds is 2. The Kier molecular flexibility index (Phi) is 4.06. The first-order chi connectivity index (χ1) is 13.2. The van der Waals surface area contributed by atoms with Crippen molar-refractivity contribution in [3.05, 3.63) is 64.7 Å². The van der Waals surface area contributed by atoms with Crippen molar-refractivity contribution in [3.63, 3.8) is 0 Å². The maximum Gasteiger partial charge on any atom is 0.180 e. The summed E-state index contributed by atoms with van der Waals surface area (Å²) < 4.78 is 12.3. The Balaban J connectivity index is 1.61. The molecule has 0 radical (unpaired) electrons. The largest absolute Gasteiger partial charge is 0.493 e. The second kappa shape index (κ2) is 6.47. The smallest absolute Gasteiger partial charge is 0.180 e. The van der Waals surface area contributed by atoms with Crippen LogP contribution in [0.15, 0.2) is 48.5 Å². The minimum absolute atomic E-state index is 0.118. The second-order valence-electron chi connectivity index (χ2n) is 7.50. The van der Waals surface area contributed by atoms with E-state index >= 15 is 0 Å². The lowest BCUT2D eigenvalue weighted by Gasteiger charge is -2.50. The predicted molar refractivity (Wildman–Crippen MR) is 107 cm³/mol. The summed E-state index contributed by atoms with van der Waals surface area (Å²) in [6, 6.07) is 14.2. The number of hydrogen-bond donors (Lipinski definition) is 1. The molecule has 2 aliphatic heterocycles. The molecule has 1 saturated carbocycles. The van der Waals surface area contributed by atoms with E-state index in [-0.39, 0.29) is 11.8 Å². The molecule has 2 aromatic rings. The number of fused-ring (bicyclic) bond motifs is 4. The fourth-order valence-electron chi connectivity index (χ4n) is 4.57. The quantitative estimate of drug-likeness (QED) is 0.763. The highest BCUT2D eigenvalue weighted by molar-refractivity contribution is 6.30. The molecule has 5 rings (SSSR count). The molecule has 0 aromatic heterocycles. The molecule has 140 valence electrons. The molecular formula is C22H23ClN2O2. The third-order valence-corrected chi connectivity index (χ3v) is 6.16. The van der Waals surface area contributed by atoms with Crippen molar-refractivity contribution in [2.75, 3.05) is 7.11 Å². The first-order valence-corrected chi connectivity index (χ1v) is 9.98. The highest BCUT2D eigenvalue weighted by Gasteiger charge is 2.51. The lowest BCUT2D eigenvalue weighted by molar-refractivity contribution is -0.151. The summed E-state index contributed by atoms with van der Waals surface area (Å²) in [5.74, 6) is 1.70. The van der Waals surface area contributed by atoms with Crippen molar-refractivity contribution in [1.29, 1.82) is 0 Å². The van der Waals surface area contributed by atoms with Crippen molar-refractivity contribution < 1.29 is 9.47 Å². The molecule has 1 unspecified atom stereocenters. The minimum atomic E-state index is -0.338. The third-order valence-electron chi connectivity index (χ3n) is 5.91. The van der Waals surface area contributed by atoms with Gasteiger partial charge in [0.2, 0.25) is 0 Å². The lowest BCUT2D eigenvalue weighted by atomic mass is 9.87. The van der Waals surface area contributed by atoms with Gasteiger partial charge >= 0.3 is 0 Å². The van der Waals surface area contributed by atoms with E-state index in [2.05, 4.69) is 34.7 Å². The van der Waals surface area contributed by atoms with Crippen LogP contribution in [-0.4, -0.2) is 17.8 Å². The topological polar surface area (TPSA) is 33.7 Å². The van der Waals surface area contributed by atoms with E-state index in [1.807, 2.05) is 24.3 Å². The predicted octanol–water partition coefficient (Wildman–Crippen LogP) is 5.30. The molecule has 3 aliphatic rings. The number of benzene rings is 2. The second-order valence-corrected chi connectivity index (χ2v) is 7.94. The molecule has 0 amide bonds. The van der Waals surface area contributed by atoms with Crippen LogP contribution in [0.1, 0.15) is 49.3 Å². The van der Waals surface area contributed by atoms with Gasteiger partial charge in [-0.05, 0) is 42.7 Å². The average Bonchev–Trinajstić information content (AvgIpc) is 3.16. The molecule has 2 aromatic carbocycles. The zero-order chi connectivity index (χ0) is 18.4. The van der Waals surface area contributed by atoms with Gasteiger partial charge < -0.3 is 14.9 Å². The Labute approximate surface area is 164 Å². The van der Waals surface area contributed by atoms with Gasteiger partial charge in [-0.2, -0.15) is 5.01 Å². The van der Waals surface area contributed by atoms with Gasteiger partial charge in [0, 0.05) is 23.4 Å². The molecule has 1 spiro atoms. The van der Waals surface area contributed by atoms with Crippen LogP contribution in [0.3, 0.4) is 0 Å². The minimum Gasteiger partial charge on any atom is -0.493 e. The van der Waals surface area contributed by atoms with Crippen LogP contribution in [-0.2, 0) is 0 Å². The van der Waals surface area contributed by atoms with E-state index in [1.54, 1.807) is 7.11 Å². The molecule has 1 atom stereocenters. The van der Waals surface area contributed by atoms with Crippen LogP contribution in [0.25, 0.3) is 5.70 Å². The standard InChI is InChI=1S/C22H23ClN2O2/c1-26-20-7-5-6-17-19-14-18(15-8-10-16(23)11-9-15)24-25(19)22(27-21(17)20)12-3-2-4-13-22/h5-11,14,19,24H,2-4,12-13H2,1H3. The molecule has 27 heavy (non-hydrogen) atoms. The fourth-order valence-corrected chi connectivity index (χ4v) is 4.69. The summed E-state index contributed by atoms with van der Waals surface area (Å²) in [6.07, 6.45) is 7.92. The molecule has 0 bridgehead atoms. The summed E-state index contributed by atoms with van der Waals surface area (Å²) in [6.45, 7) is 0. The van der Waals surface area contributed by atoms with E-state index in [9.17, 15) is 0 Å². The highest BCUT2D eigenvalue weighted by atomic mass is 35.5. The maximum absolute atomic E-state index is 6.68. The summed E-state index contributed by atoms with van der Waals surface area (Å²) in [5, 5.41) is 3.06. The number of nitrogens with one attached hydrogen (secondary N) is 1. The number of nitrogens with zero attached hydrogens (tertiary/aromatic N) is 1. The van der Waals surface area contributed by atoms with Gasteiger partial charge in [0.15, 0.2) is 17.2 Å². The van der Waals surface area contributed by atoms with Crippen molar-refractivity contribution in [2.24, 2.45) is 0 Å². The Morgan fingerprint density at radius 2 is 1.89 bits per heavy atom. The van der Waals surface area contributed by atoms with Crippen LogP contribution >= 0.6 is 11.6 Å². The summed E-state index contributed by atoms with van der Waals surface area (Å²) in [7, 11) is 1.71. The fraction of sp³-hybridized carbons (Fsp3) is 0.364. The van der Waals surface area contributed by atoms with Crippen LogP contribution in [0.2, 0.25) is 5.02 Å². The van der Waals surface area contributed by atoms with E-state index in [0.29, 0.717) is 0 Å². The van der Waals surface area contributed by atoms with E-state index in [0.717, 1.165) is 46.2 Å². The normalized spacial score (nSPS) is 23.0. The van der Waals surface area contributed by atoms with Gasteiger partial charge in [0.05, 0.1) is 18.8 Å². The first kappa shape index (κ1) is 17.0. The summed E-state index contributed by atoms with van der Waals surface area (Å²) in [4.78, 5) is 0. The van der Waals surface area contributed by atoms with Crippen molar-refractivity contribution in [3.8, 4) is 11.5 Å². The van der Waals surface area contributed by atoms with E-state index in [1.165, 1.54) is 19.3 Å². The first-order valence-electron chi connectivity index (χ1n) is 9.60. The van der Waals surface area contributed by atoms with Gasteiger partial charge in [-0.25, -0.2) is 0 Å². The molecule has 1 N–H and O–H groups in total. The molecule has 1 fully saturated rings. The number of hydrazine groups is 1. The zero-order valence-corrected chi connectivity index (χ0v) is 16.1. The van der Waals surface area contributed by atoms with E-state index < -0.39 is 0 Å². The number of methoxy groups -OCH3 is 1. The third kappa shape index (κ3) is 2.70. The monoisotopic (exact) mass is 382 g/mol. The van der Waals surface area contributed by atoms with Crippen LogP contribution in [0.4, 0.5) is 0 Å². The molecule has 4 nitrogen and oxygen atoms in total. The molecule has 2 heterocycles. The lowest BCUT2D eigenvalue weighted by Crippen LogP contribution is -2.60. The van der Waals surface area contributed by atoms with Gasteiger partial charge in [-0.3, -0.25) is 0 Å². The number of ether oxygens (including phenoxy) is 2. The number of hydrogen-bond acceptors (Lipinski definition) is 4. The molecule has 1 aliphatic carbocycles. The summed E-state index contributed by atoms with van der Waals surface area (Å²) >= 11 is 6.07. The highest BCUT2D eigenvalue weighted by Crippen LogP contribution is 2.52. The van der Waals surface area contributed by atoms with Gasteiger partial charge in [0.1, 0.15) is 0 Å².